The summed E-state index contributed by atoms with van der Waals surface area (Å²) in [6.45, 7) is 0. The molecule has 25 heavy (non-hydrogen) atoms. The molecular weight excluding hydrogens is 328 g/mol. The summed E-state index contributed by atoms with van der Waals surface area (Å²) in [6.07, 6.45) is 2.07. The number of fused-ring (bicyclic) bond motifs is 1. The fourth-order valence-electron chi connectivity index (χ4n) is 2.84. The molecule has 122 valence electrons. The summed E-state index contributed by atoms with van der Waals surface area (Å²) in [6, 6.07) is 22.1. The molecule has 4 rings (SSSR count). The highest BCUT2D eigenvalue weighted by Crippen LogP contribution is 2.32. The van der Waals surface area contributed by atoms with Gasteiger partial charge in [0.15, 0.2) is 0 Å². The molecule has 0 aliphatic rings. The SMILES string of the molecule is CSc1ccccc1-c1ccc2nc(N)nc(-c3ccccc3)c2n1. The van der Waals surface area contributed by atoms with Gasteiger partial charge in [0.2, 0.25) is 5.95 Å². The van der Waals surface area contributed by atoms with Gasteiger partial charge in [-0.2, -0.15) is 0 Å². The number of anilines is 1. The minimum atomic E-state index is 0.255. The number of rotatable bonds is 3. The van der Waals surface area contributed by atoms with Gasteiger partial charge in [-0.25, -0.2) is 15.0 Å². The van der Waals surface area contributed by atoms with Gasteiger partial charge in [-0.1, -0.05) is 48.5 Å². The van der Waals surface area contributed by atoms with E-state index in [1.54, 1.807) is 11.8 Å². The van der Waals surface area contributed by atoms with Crippen LogP contribution in [0.15, 0.2) is 71.6 Å². The fourth-order valence-corrected chi connectivity index (χ4v) is 3.44. The predicted molar refractivity (Wildman–Crippen MR) is 104 cm³/mol. The lowest BCUT2D eigenvalue weighted by atomic mass is 10.1. The van der Waals surface area contributed by atoms with Crippen LogP contribution in [-0.4, -0.2) is 21.2 Å². The number of hydrogen-bond acceptors (Lipinski definition) is 5. The van der Waals surface area contributed by atoms with Crippen molar-refractivity contribution in [3.63, 3.8) is 0 Å². The maximum atomic E-state index is 5.90. The monoisotopic (exact) mass is 344 g/mol. The number of nitrogens with zero attached hydrogens (tertiary/aromatic N) is 3. The first kappa shape index (κ1) is 15.6. The minimum Gasteiger partial charge on any atom is -0.368 e. The summed E-state index contributed by atoms with van der Waals surface area (Å²) >= 11 is 1.71. The number of benzene rings is 2. The van der Waals surface area contributed by atoms with Crippen molar-refractivity contribution in [1.82, 2.24) is 15.0 Å². The van der Waals surface area contributed by atoms with Crippen molar-refractivity contribution in [1.29, 1.82) is 0 Å². The molecule has 0 bridgehead atoms. The van der Waals surface area contributed by atoms with Crippen LogP contribution in [0.5, 0.6) is 0 Å². The quantitative estimate of drug-likeness (QED) is 0.547. The predicted octanol–water partition coefficient (Wildman–Crippen LogP) is 4.66. The first-order valence-corrected chi connectivity index (χ1v) is 9.12. The average Bonchev–Trinajstić information content (AvgIpc) is 2.67. The topological polar surface area (TPSA) is 64.7 Å². The molecule has 0 aliphatic carbocycles. The largest absolute Gasteiger partial charge is 0.368 e. The number of thioether (sulfide) groups is 1. The summed E-state index contributed by atoms with van der Waals surface area (Å²) in [5.41, 5.74) is 11.2. The fraction of sp³-hybridized carbons (Fsp3) is 0.0500. The van der Waals surface area contributed by atoms with Crippen molar-refractivity contribution in [2.75, 3.05) is 12.0 Å². The lowest BCUT2D eigenvalue weighted by Gasteiger charge is -2.10. The normalized spacial score (nSPS) is 10.9. The van der Waals surface area contributed by atoms with Crippen molar-refractivity contribution in [2.24, 2.45) is 0 Å². The lowest BCUT2D eigenvalue weighted by molar-refractivity contribution is 1.21. The number of pyridine rings is 1. The van der Waals surface area contributed by atoms with Crippen LogP contribution in [0, 0.1) is 0 Å². The van der Waals surface area contributed by atoms with Gasteiger partial charge in [0.25, 0.3) is 0 Å². The number of nitrogen functional groups attached to an aromatic ring is 1. The Labute approximate surface area is 150 Å². The van der Waals surface area contributed by atoms with Gasteiger partial charge in [0.05, 0.1) is 11.2 Å². The highest BCUT2D eigenvalue weighted by molar-refractivity contribution is 7.98. The Bertz CT molecular complexity index is 1050. The van der Waals surface area contributed by atoms with Crippen LogP contribution in [0.25, 0.3) is 33.5 Å². The molecule has 4 nitrogen and oxygen atoms in total. The van der Waals surface area contributed by atoms with Gasteiger partial charge in [0, 0.05) is 16.0 Å². The van der Waals surface area contributed by atoms with Gasteiger partial charge in [-0.05, 0) is 24.5 Å². The van der Waals surface area contributed by atoms with Crippen LogP contribution in [-0.2, 0) is 0 Å². The van der Waals surface area contributed by atoms with Crippen LogP contribution in [0.1, 0.15) is 0 Å². The van der Waals surface area contributed by atoms with Gasteiger partial charge in [-0.3, -0.25) is 0 Å². The second-order valence-electron chi connectivity index (χ2n) is 5.56. The summed E-state index contributed by atoms with van der Waals surface area (Å²) < 4.78 is 0. The molecular formula is C20H16N4S. The van der Waals surface area contributed by atoms with E-state index in [2.05, 4.69) is 28.4 Å². The molecule has 0 amide bonds. The van der Waals surface area contributed by atoms with Gasteiger partial charge < -0.3 is 5.73 Å². The van der Waals surface area contributed by atoms with Crippen molar-refractivity contribution < 1.29 is 0 Å². The second kappa shape index (κ2) is 6.53. The molecule has 4 aromatic rings. The van der Waals surface area contributed by atoms with E-state index >= 15 is 0 Å². The van der Waals surface area contributed by atoms with E-state index in [9.17, 15) is 0 Å². The van der Waals surface area contributed by atoms with Crippen molar-refractivity contribution in [3.8, 4) is 22.5 Å². The van der Waals surface area contributed by atoms with Crippen LogP contribution >= 0.6 is 11.8 Å². The third-order valence-electron chi connectivity index (χ3n) is 3.99. The van der Waals surface area contributed by atoms with Crippen molar-refractivity contribution in [2.45, 2.75) is 4.90 Å². The second-order valence-corrected chi connectivity index (χ2v) is 6.41. The minimum absolute atomic E-state index is 0.255. The third-order valence-corrected chi connectivity index (χ3v) is 4.79. The van der Waals surface area contributed by atoms with Crippen molar-refractivity contribution >= 4 is 28.7 Å². The Morgan fingerprint density at radius 3 is 2.36 bits per heavy atom. The zero-order valence-corrected chi connectivity index (χ0v) is 14.5. The number of aromatic nitrogens is 3. The van der Waals surface area contributed by atoms with Gasteiger partial charge in [0.1, 0.15) is 11.2 Å². The first-order chi connectivity index (χ1) is 12.3. The molecule has 0 atom stereocenters. The Hall–Kier alpha value is -2.92. The molecule has 0 unspecified atom stereocenters. The van der Waals surface area contributed by atoms with E-state index in [0.29, 0.717) is 0 Å². The standard InChI is InChI=1S/C20H16N4S/c1-25-17-10-6-5-9-14(17)15-11-12-16-19(22-15)18(24-20(21)23-16)13-7-3-2-4-8-13/h2-12H,1H3,(H2,21,23,24). The summed E-state index contributed by atoms with van der Waals surface area (Å²) in [5, 5.41) is 0. The molecule has 2 N–H and O–H groups in total. The van der Waals surface area contributed by atoms with Crippen LogP contribution in [0.2, 0.25) is 0 Å². The summed E-state index contributed by atoms with van der Waals surface area (Å²) in [7, 11) is 0. The Morgan fingerprint density at radius 2 is 1.56 bits per heavy atom. The third kappa shape index (κ3) is 2.94. The molecule has 0 saturated carbocycles. The van der Waals surface area contributed by atoms with Crippen LogP contribution in [0.3, 0.4) is 0 Å². The highest BCUT2D eigenvalue weighted by atomic mass is 32.2. The first-order valence-electron chi connectivity index (χ1n) is 7.89. The van der Waals surface area contributed by atoms with Crippen molar-refractivity contribution in [3.05, 3.63) is 66.7 Å². The smallest absolute Gasteiger partial charge is 0.221 e. The molecule has 5 heteroatoms. The van der Waals surface area contributed by atoms with E-state index in [4.69, 9.17) is 10.7 Å². The molecule has 0 aliphatic heterocycles. The Morgan fingerprint density at radius 1 is 0.800 bits per heavy atom. The maximum absolute atomic E-state index is 5.90. The number of hydrogen-bond donors (Lipinski definition) is 1. The Balaban J connectivity index is 1.98. The highest BCUT2D eigenvalue weighted by Gasteiger charge is 2.12. The van der Waals surface area contributed by atoms with Crippen LogP contribution in [0.4, 0.5) is 5.95 Å². The van der Waals surface area contributed by atoms with E-state index in [1.807, 2.05) is 54.6 Å². The Kier molecular flexibility index (Phi) is 4.07. The molecule has 2 aromatic heterocycles. The van der Waals surface area contributed by atoms with E-state index in [0.717, 1.165) is 33.5 Å². The van der Waals surface area contributed by atoms with E-state index < -0.39 is 0 Å². The van der Waals surface area contributed by atoms with E-state index in [-0.39, 0.29) is 5.95 Å². The average molecular weight is 344 g/mol. The van der Waals surface area contributed by atoms with Crippen LogP contribution < -0.4 is 5.73 Å². The van der Waals surface area contributed by atoms with E-state index in [1.165, 1.54) is 4.90 Å². The number of nitrogens with two attached hydrogens (primary N) is 1. The maximum Gasteiger partial charge on any atom is 0.221 e. The molecule has 2 aromatic carbocycles. The molecule has 2 heterocycles. The summed E-state index contributed by atoms with van der Waals surface area (Å²) in [4.78, 5) is 14.9. The molecule has 0 fully saturated rings. The molecule has 0 saturated heterocycles. The lowest BCUT2D eigenvalue weighted by Crippen LogP contribution is -2.00. The van der Waals surface area contributed by atoms with Gasteiger partial charge >= 0.3 is 0 Å². The zero-order valence-electron chi connectivity index (χ0n) is 13.7. The molecule has 0 spiro atoms. The van der Waals surface area contributed by atoms with Gasteiger partial charge in [-0.15, -0.1) is 11.8 Å². The molecule has 0 radical (unpaired) electrons. The summed E-state index contributed by atoms with van der Waals surface area (Å²) in [5.74, 6) is 0.255. The zero-order chi connectivity index (χ0) is 17.2.